The maximum absolute atomic E-state index is 2.78. The van der Waals surface area contributed by atoms with Gasteiger partial charge in [-0.3, -0.25) is 0 Å². The van der Waals surface area contributed by atoms with Gasteiger partial charge >= 0.3 is 0 Å². The molecule has 0 spiro atoms. The molecule has 0 aliphatic carbocycles. The molecule has 0 aromatic carbocycles. The molecule has 0 aliphatic rings. The fraction of sp³-hybridized carbons (Fsp3) is 1.00. The van der Waals surface area contributed by atoms with Crippen LogP contribution in [0.1, 0.15) is 112 Å². The van der Waals surface area contributed by atoms with Crippen molar-refractivity contribution < 1.29 is 0 Å². The maximum atomic E-state index is 2.78. The molecule has 0 nitrogen and oxygen atoms in total. The van der Waals surface area contributed by atoms with Crippen LogP contribution in [-0.2, 0) is 0 Å². The summed E-state index contributed by atoms with van der Waals surface area (Å²) < 4.78 is 0. The van der Waals surface area contributed by atoms with Crippen LogP contribution in [-0.4, -0.2) is 24.1 Å². The Bertz CT molecular complexity index is 230. The topological polar surface area (TPSA) is 0 Å². The van der Waals surface area contributed by atoms with Crippen LogP contribution in [0.15, 0.2) is 0 Å². The molecule has 0 heterocycles. The lowest BCUT2D eigenvalue weighted by Crippen LogP contribution is -2.35. The molecule has 22 heavy (non-hydrogen) atoms. The van der Waals surface area contributed by atoms with E-state index in [1.165, 1.54) is 77.0 Å². The van der Waals surface area contributed by atoms with Gasteiger partial charge in [-0.05, 0) is 44.9 Å². The monoisotopic (exact) mass is 329 g/mol. The van der Waals surface area contributed by atoms with E-state index in [9.17, 15) is 0 Å². The van der Waals surface area contributed by atoms with Crippen molar-refractivity contribution in [2.45, 2.75) is 117 Å². The van der Waals surface area contributed by atoms with Gasteiger partial charge in [-0.15, -0.1) is 0 Å². The van der Waals surface area contributed by atoms with Crippen molar-refractivity contribution in [1.29, 1.82) is 0 Å². The van der Waals surface area contributed by atoms with Crippen molar-refractivity contribution in [3.63, 3.8) is 0 Å². The summed E-state index contributed by atoms with van der Waals surface area (Å²) in [7, 11) is -0.819. The molecular formula is C21H46P+. The number of unbranched alkanes of at least 4 members (excludes halogenated alkanes) is 4. The Kier molecular flexibility index (Phi) is 13.1. The van der Waals surface area contributed by atoms with Crippen LogP contribution in [0.3, 0.4) is 0 Å². The average molecular weight is 330 g/mol. The summed E-state index contributed by atoms with van der Waals surface area (Å²) in [5, 5.41) is 0.720. The Morgan fingerprint density at radius 1 is 0.545 bits per heavy atom. The quantitative estimate of drug-likeness (QED) is 0.266. The first-order valence-corrected chi connectivity index (χ1v) is 13.0. The van der Waals surface area contributed by atoms with Gasteiger partial charge in [-0.1, -0.05) is 66.7 Å². The van der Waals surface area contributed by atoms with Crippen LogP contribution in [0.4, 0.5) is 0 Å². The van der Waals surface area contributed by atoms with Gasteiger partial charge in [0.25, 0.3) is 0 Å². The summed E-state index contributed by atoms with van der Waals surface area (Å²) in [4.78, 5) is 0. The minimum atomic E-state index is -0.819. The van der Waals surface area contributed by atoms with Crippen molar-refractivity contribution in [2.75, 3.05) is 19.0 Å². The zero-order chi connectivity index (χ0) is 16.9. The molecular weight excluding hydrogens is 283 g/mol. The lowest BCUT2D eigenvalue weighted by atomic mass is 9.90. The molecule has 0 amide bonds. The highest BCUT2D eigenvalue weighted by Gasteiger charge is 2.51. The normalized spacial score (nSPS) is 12.8. The Morgan fingerprint density at radius 2 is 0.955 bits per heavy atom. The fourth-order valence-electron chi connectivity index (χ4n) is 4.26. The average Bonchev–Trinajstić information content (AvgIpc) is 2.53. The Labute approximate surface area is 143 Å². The lowest BCUT2D eigenvalue weighted by Gasteiger charge is -2.44. The smallest absolute Gasteiger partial charge is 0.0654 e. The van der Waals surface area contributed by atoms with Crippen molar-refractivity contribution in [1.82, 2.24) is 0 Å². The molecule has 1 heteroatoms. The zero-order valence-corrected chi connectivity index (χ0v) is 17.7. The Morgan fingerprint density at radius 3 is 1.27 bits per heavy atom. The van der Waals surface area contributed by atoms with Crippen molar-refractivity contribution in [3.8, 4) is 0 Å². The molecule has 0 bridgehead atoms. The van der Waals surface area contributed by atoms with Gasteiger partial charge in [0.2, 0.25) is 0 Å². The second-order valence-electron chi connectivity index (χ2n) is 7.73. The van der Waals surface area contributed by atoms with E-state index in [0.29, 0.717) is 0 Å². The van der Waals surface area contributed by atoms with E-state index >= 15 is 0 Å². The van der Waals surface area contributed by atoms with Gasteiger partial charge in [0.15, 0.2) is 0 Å². The third-order valence-electron chi connectivity index (χ3n) is 5.86. The highest BCUT2D eigenvalue weighted by molar-refractivity contribution is 7.76. The van der Waals surface area contributed by atoms with E-state index in [-0.39, 0.29) is 0 Å². The van der Waals surface area contributed by atoms with E-state index < -0.39 is 7.26 Å². The predicted molar refractivity (Wildman–Crippen MR) is 109 cm³/mol. The van der Waals surface area contributed by atoms with Crippen LogP contribution in [0.5, 0.6) is 0 Å². The van der Waals surface area contributed by atoms with E-state index in [0.717, 1.165) is 5.16 Å². The second kappa shape index (κ2) is 12.8. The molecule has 0 fully saturated rings. The molecule has 0 aromatic rings. The molecule has 0 saturated carbocycles. The zero-order valence-electron chi connectivity index (χ0n) is 16.8. The molecule has 134 valence electrons. The minimum absolute atomic E-state index is 0.720. The third kappa shape index (κ3) is 6.90. The number of rotatable bonds is 15. The van der Waals surface area contributed by atoms with Gasteiger partial charge in [0.1, 0.15) is 0 Å². The highest BCUT2D eigenvalue weighted by Crippen LogP contribution is 2.71. The van der Waals surface area contributed by atoms with Gasteiger partial charge in [0.05, 0.1) is 17.5 Å². The Hall–Kier alpha value is 0.430. The fourth-order valence-corrected chi connectivity index (χ4v) is 9.62. The minimum Gasteiger partial charge on any atom is -0.0654 e. The lowest BCUT2D eigenvalue weighted by molar-refractivity contribution is 0.418. The molecule has 0 aliphatic heterocycles. The molecule has 0 unspecified atom stereocenters. The summed E-state index contributed by atoms with van der Waals surface area (Å²) in [5.74, 6) is 0. The van der Waals surface area contributed by atoms with Crippen LogP contribution in [0.25, 0.3) is 0 Å². The maximum Gasteiger partial charge on any atom is 0.0796 e. The first kappa shape index (κ1) is 22.4. The SMILES string of the molecule is CCCCC(CCC)(CCCC)[P+](C)(CCCC)CCCC. The number of hydrogen-bond acceptors (Lipinski definition) is 0. The first-order chi connectivity index (χ1) is 10.6. The van der Waals surface area contributed by atoms with Crippen molar-refractivity contribution in [2.24, 2.45) is 0 Å². The summed E-state index contributed by atoms with van der Waals surface area (Å²) >= 11 is 0. The first-order valence-electron chi connectivity index (χ1n) is 10.4. The summed E-state index contributed by atoms with van der Waals surface area (Å²) in [5.41, 5.74) is 0. The van der Waals surface area contributed by atoms with E-state index in [1.54, 1.807) is 12.3 Å². The molecule has 0 rings (SSSR count). The molecule has 0 atom stereocenters. The van der Waals surface area contributed by atoms with Gasteiger partial charge < -0.3 is 0 Å². The summed E-state index contributed by atoms with van der Waals surface area (Å²) in [6.07, 6.45) is 20.4. The van der Waals surface area contributed by atoms with Gasteiger partial charge in [-0.2, -0.15) is 0 Å². The van der Waals surface area contributed by atoms with Gasteiger partial charge in [-0.25, -0.2) is 0 Å². The van der Waals surface area contributed by atoms with Gasteiger partial charge in [0, 0.05) is 13.9 Å². The molecule has 0 N–H and O–H groups in total. The second-order valence-corrected chi connectivity index (χ2v) is 12.4. The van der Waals surface area contributed by atoms with Crippen molar-refractivity contribution in [3.05, 3.63) is 0 Å². The van der Waals surface area contributed by atoms with Crippen LogP contribution >= 0.6 is 7.26 Å². The molecule has 0 radical (unpaired) electrons. The van der Waals surface area contributed by atoms with E-state index in [4.69, 9.17) is 0 Å². The summed E-state index contributed by atoms with van der Waals surface area (Å²) in [6, 6.07) is 0. The largest absolute Gasteiger partial charge is 0.0796 e. The highest BCUT2D eigenvalue weighted by atomic mass is 31.2. The molecule has 0 saturated heterocycles. The summed E-state index contributed by atoms with van der Waals surface area (Å²) in [6.45, 7) is 14.7. The standard InChI is InChI=1S/C21H46P/c1-7-12-17-21(16-11-5,18-13-8-2)22(6,19-14-9-3)20-15-10-4/h7-20H2,1-6H3/q+1. The number of hydrogen-bond donors (Lipinski definition) is 0. The molecule has 0 aromatic heterocycles. The van der Waals surface area contributed by atoms with E-state index in [1.807, 2.05) is 0 Å². The predicted octanol–water partition coefficient (Wildman–Crippen LogP) is 8.15. The van der Waals surface area contributed by atoms with E-state index in [2.05, 4.69) is 41.3 Å². The van der Waals surface area contributed by atoms with Crippen LogP contribution in [0.2, 0.25) is 0 Å². The van der Waals surface area contributed by atoms with Crippen LogP contribution in [0, 0.1) is 0 Å². The van der Waals surface area contributed by atoms with Crippen LogP contribution < -0.4 is 0 Å². The Balaban J connectivity index is 5.41. The van der Waals surface area contributed by atoms with Crippen molar-refractivity contribution >= 4 is 7.26 Å². The third-order valence-corrected chi connectivity index (χ3v) is 11.4.